The van der Waals surface area contributed by atoms with E-state index in [1.54, 1.807) is 11.3 Å². The number of nitrogens with zero attached hydrogens (tertiary/aromatic N) is 3. The average molecular weight is 347 g/mol. The molecule has 0 aromatic carbocycles. The topological polar surface area (TPSA) is 71.8 Å². The van der Waals surface area contributed by atoms with E-state index in [9.17, 15) is 4.79 Å². The van der Waals surface area contributed by atoms with Crippen molar-refractivity contribution in [2.75, 3.05) is 19.6 Å². The summed E-state index contributed by atoms with van der Waals surface area (Å²) in [5.74, 6) is -0.141. The molecular formula is C17H25N5OS. The van der Waals surface area contributed by atoms with Gasteiger partial charge in [0.05, 0.1) is 11.7 Å². The molecule has 2 aromatic heterocycles. The van der Waals surface area contributed by atoms with Crippen LogP contribution in [-0.2, 0) is 5.41 Å². The van der Waals surface area contributed by atoms with E-state index in [4.69, 9.17) is 0 Å². The molecule has 0 spiro atoms. The summed E-state index contributed by atoms with van der Waals surface area (Å²) in [6.45, 7) is 8.75. The van der Waals surface area contributed by atoms with E-state index in [0.717, 1.165) is 31.6 Å². The smallest absolute Gasteiger partial charge is 0.273 e. The van der Waals surface area contributed by atoms with E-state index in [2.05, 4.69) is 46.2 Å². The molecule has 0 unspecified atom stereocenters. The van der Waals surface area contributed by atoms with Crippen molar-refractivity contribution in [3.63, 3.8) is 0 Å². The molecule has 0 saturated carbocycles. The third-order valence-corrected chi connectivity index (χ3v) is 5.91. The number of amides is 1. The maximum atomic E-state index is 12.5. The van der Waals surface area contributed by atoms with Crippen molar-refractivity contribution in [2.45, 2.75) is 45.1 Å². The van der Waals surface area contributed by atoms with Crippen LogP contribution >= 0.6 is 11.3 Å². The number of rotatable bonds is 5. The lowest BCUT2D eigenvalue weighted by Crippen LogP contribution is -2.36. The Kier molecular flexibility index (Phi) is 5.01. The molecule has 1 aliphatic rings. The maximum absolute atomic E-state index is 12.5. The molecule has 1 fully saturated rings. The van der Waals surface area contributed by atoms with Gasteiger partial charge in [0, 0.05) is 16.8 Å². The summed E-state index contributed by atoms with van der Waals surface area (Å²) in [5.41, 5.74) is 1.20. The fourth-order valence-corrected chi connectivity index (χ4v) is 3.94. The molecule has 1 aliphatic heterocycles. The van der Waals surface area contributed by atoms with Crippen LogP contribution in [0.25, 0.3) is 0 Å². The zero-order valence-electron chi connectivity index (χ0n) is 14.5. The van der Waals surface area contributed by atoms with Crippen LogP contribution in [0.4, 0.5) is 0 Å². The van der Waals surface area contributed by atoms with Gasteiger partial charge in [-0.15, -0.1) is 16.4 Å². The number of thiophene rings is 1. The first-order valence-electron chi connectivity index (χ1n) is 8.44. The molecular weight excluding hydrogens is 322 g/mol. The highest BCUT2D eigenvalue weighted by Gasteiger charge is 2.26. The summed E-state index contributed by atoms with van der Waals surface area (Å²) in [4.78, 5) is 13.8. The largest absolute Gasteiger partial charge is 0.350 e. The van der Waals surface area contributed by atoms with E-state index >= 15 is 0 Å². The van der Waals surface area contributed by atoms with Crippen molar-refractivity contribution >= 4 is 17.2 Å². The van der Waals surface area contributed by atoms with Crippen LogP contribution in [0.3, 0.4) is 0 Å². The predicted molar refractivity (Wildman–Crippen MR) is 95.6 cm³/mol. The number of piperidine rings is 1. The van der Waals surface area contributed by atoms with E-state index in [-0.39, 0.29) is 11.3 Å². The maximum Gasteiger partial charge on any atom is 0.273 e. The summed E-state index contributed by atoms with van der Waals surface area (Å²) in [7, 11) is 0. The fourth-order valence-electron chi connectivity index (χ4n) is 3.08. The Labute approximate surface area is 146 Å². The predicted octanol–water partition coefficient (Wildman–Crippen LogP) is 2.28. The molecule has 3 rings (SSSR count). The van der Waals surface area contributed by atoms with Gasteiger partial charge in [0.2, 0.25) is 0 Å². The average Bonchev–Trinajstić information content (AvgIpc) is 3.24. The number of hydrogen-bond acceptors (Lipinski definition) is 5. The van der Waals surface area contributed by atoms with Crippen molar-refractivity contribution in [2.24, 2.45) is 0 Å². The van der Waals surface area contributed by atoms with Crippen molar-refractivity contribution in [3.8, 4) is 0 Å². The molecule has 0 radical (unpaired) electrons. The summed E-state index contributed by atoms with van der Waals surface area (Å²) in [6.07, 6.45) is 2.05. The van der Waals surface area contributed by atoms with Gasteiger partial charge in [-0.25, -0.2) is 4.68 Å². The Hall–Kier alpha value is -1.73. The first kappa shape index (κ1) is 17.1. The highest BCUT2D eigenvalue weighted by molar-refractivity contribution is 7.10. The normalized spacial score (nSPS) is 16.3. The van der Waals surface area contributed by atoms with Crippen molar-refractivity contribution in [3.05, 3.63) is 33.8 Å². The van der Waals surface area contributed by atoms with Gasteiger partial charge in [-0.05, 0) is 44.3 Å². The van der Waals surface area contributed by atoms with Gasteiger partial charge in [0.15, 0.2) is 5.69 Å². The molecule has 130 valence electrons. The van der Waals surface area contributed by atoms with Crippen LogP contribution in [0.15, 0.2) is 17.5 Å². The quantitative estimate of drug-likeness (QED) is 0.870. The molecule has 1 saturated heterocycles. The molecule has 0 bridgehead atoms. The SMILES string of the molecule is Cc1c(C(=O)NCC(C)(C)c2cccs2)nnn1C1CCNCC1. The van der Waals surface area contributed by atoms with Crippen LogP contribution in [-0.4, -0.2) is 40.5 Å². The van der Waals surface area contributed by atoms with E-state index < -0.39 is 0 Å². The van der Waals surface area contributed by atoms with Gasteiger partial charge < -0.3 is 10.6 Å². The number of carbonyl (C=O) groups excluding carboxylic acids is 1. The standard InChI is InChI=1S/C17H25N5OS/c1-12-15(20-21-22(12)13-6-8-18-9-7-13)16(23)19-11-17(2,3)14-5-4-10-24-14/h4-5,10,13,18H,6-9,11H2,1-3H3,(H,19,23). The van der Waals surface area contributed by atoms with Gasteiger partial charge in [-0.3, -0.25) is 4.79 Å². The first-order valence-corrected chi connectivity index (χ1v) is 9.32. The molecule has 1 amide bonds. The molecule has 2 N–H and O–H groups in total. The number of carbonyl (C=O) groups is 1. The van der Waals surface area contributed by atoms with Crippen molar-refractivity contribution in [1.29, 1.82) is 0 Å². The van der Waals surface area contributed by atoms with Crippen molar-refractivity contribution < 1.29 is 4.79 Å². The van der Waals surface area contributed by atoms with Gasteiger partial charge in [0.1, 0.15) is 0 Å². The Bertz CT molecular complexity index is 686. The van der Waals surface area contributed by atoms with Crippen LogP contribution in [0.1, 0.15) is 53.8 Å². The second-order valence-corrected chi connectivity index (χ2v) is 7.94. The molecule has 2 aromatic rings. The van der Waals surface area contributed by atoms with Crippen LogP contribution in [0.5, 0.6) is 0 Å². The summed E-state index contributed by atoms with van der Waals surface area (Å²) in [5, 5.41) is 16.8. The minimum absolute atomic E-state index is 0.0945. The van der Waals surface area contributed by atoms with E-state index in [1.165, 1.54) is 4.88 Å². The number of nitrogens with one attached hydrogen (secondary N) is 2. The minimum Gasteiger partial charge on any atom is -0.350 e. The van der Waals surface area contributed by atoms with Gasteiger partial charge >= 0.3 is 0 Å². The second kappa shape index (κ2) is 7.03. The highest BCUT2D eigenvalue weighted by atomic mass is 32.1. The molecule has 0 aliphatic carbocycles. The van der Waals surface area contributed by atoms with Crippen LogP contribution in [0.2, 0.25) is 0 Å². The van der Waals surface area contributed by atoms with E-state index in [1.807, 2.05) is 17.7 Å². The lowest BCUT2D eigenvalue weighted by Gasteiger charge is -2.24. The Morgan fingerprint density at radius 1 is 1.46 bits per heavy atom. The van der Waals surface area contributed by atoms with E-state index in [0.29, 0.717) is 18.3 Å². The zero-order chi connectivity index (χ0) is 17.2. The van der Waals surface area contributed by atoms with Crippen LogP contribution in [0, 0.1) is 6.92 Å². The first-order chi connectivity index (χ1) is 11.5. The van der Waals surface area contributed by atoms with Crippen molar-refractivity contribution in [1.82, 2.24) is 25.6 Å². The third kappa shape index (κ3) is 3.52. The summed E-state index contributed by atoms with van der Waals surface area (Å²) < 4.78 is 1.92. The van der Waals surface area contributed by atoms with Gasteiger partial charge in [-0.2, -0.15) is 0 Å². The highest BCUT2D eigenvalue weighted by Crippen LogP contribution is 2.27. The lowest BCUT2D eigenvalue weighted by atomic mass is 9.91. The summed E-state index contributed by atoms with van der Waals surface area (Å²) in [6, 6.07) is 4.48. The molecule has 6 nitrogen and oxygen atoms in total. The molecule has 7 heteroatoms. The number of aromatic nitrogens is 3. The Balaban J connectivity index is 1.66. The van der Waals surface area contributed by atoms with Gasteiger partial charge in [0.25, 0.3) is 5.91 Å². The van der Waals surface area contributed by atoms with Gasteiger partial charge in [-0.1, -0.05) is 25.1 Å². The number of hydrogen-bond donors (Lipinski definition) is 2. The zero-order valence-corrected chi connectivity index (χ0v) is 15.3. The third-order valence-electron chi connectivity index (χ3n) is 4.68. The Morgan fingerprint density at radius 3 is 2.88 bits per heavy atom. The molecule has 3 heterocycles. The fraction of sp³-hybridized carbons (Fsp3) is 0.588. The van der Waals surface area contributed by atoms with Crippen LogP contribution < -0.4 is 10.6 Å². The summed E-state index contributed by atoms with van der Waals surface area (Å²) >= 11 is 1.71. The minimum atomic E-state index is -0.141. The Morgan fingerprint density at radius 2 is 2.21 bits per heavy atom. The monoisotopic (exact) mass is 347 g/mol. The lowest BCUT2D eigenvalue weighted by molar-refractivity contribution is 0.0940. The molecule has 0 atom stereocenters. The molecule has 24 heavy (non-hydrogen) atoms. The second-order valence-electron chi connectivity index (χ2n) is 6.99.